The monoisotopic (exact) mass is 483 g/mol. The molecule has 164 valence electrons. The minimum absolute atomic E-state index is 0.0496. The average Bonchev–Trinajstić information content (AvgIpc) is 3.00. The molecule has 1 aliphatic heterocycles. The SMILES string of the molecule is COc1ccc(CC2C(=O)OC(CCN(N=C=O)OC(C)(C)C)N2C(=O)CBr)cc1. The van der Waals surface area contributed by atoms with E-state index in [0.29, 0.717) is 12.2 Å². The van der Waals surface area contributed by atoms with E-state index >= 15 is 0 Å². The maximum atomic E-state index is 12.6. The zero-order valence-electron chi connectivity index (χ0n) is 17.5. The Morgan fingerprint density at radius 1 is 1.33 bits per heavy atom. The molecule has 1 aromatic carbocycles. The third kappa shape index (κ3) is 6.55. The predicted octanol–water partition coefficient (Wildman–Crippen LogP) is 2.39. The first-order valence-corrected chi connectivity index (χ1v) is 10.6. The molecule has 0 spiro atoms. The van der Waals surface area contributed by atoms with Crippen molar-refractivity contribution in [2.75, 3.05) is 19.0 Å². The minimum atomic E-state index is -0.793. The summed E-state index contributed by atoms with van der Waals surface area (Å²) in [5.74, 6) is -0.0486. The number of hydroxylamine groups is 1. The highest BCUT2D eigenvalue weighted by molar-refractivity contribution is 9.09. The number of rotatable bonds is 9. The molecule has 1 aliphatic rings. The number of ether oxygens (including phenoxy) is 2. The Morgan fingerprint density at radius 2 is 2.00 bits per heavy atom. The van der Waals surface area contributed by atoms with Gasteiger partial charge in [0.05, 0.1) is 24.6 Å². The standard InChI is InChI=1S/C20H26BrN3O6/c1-20(2,3)30-23(22-13-25)10-9-18-24(17(26)12-21)16(19(27)29-18)11-14-5-7-15(28-4)8-6-14/h5-8,16,18H,9-12H2,1-4H3. The van der Waals surface area contributed by atoms with Crippen molar-refractivity contribution in [3.8, 4) is 5.75 Å². The van der Waals surface area contributed by atoms with Crippen LogP contribution in [0.3, 0.4) is 0 Å². The van der Waals surface area contributed by atoms with Crippen LogP contribution in [0.4, 0.5) is 0 Å². The number of isocyanates is 1. The molecule has 2 atom stereocenters. The maximum absolute atomic E-state index is 12.6. The Labute approximate surface area is 184 Å². The summed E-state index contributed by atoms with van der Waals surface area (Å²) < 4.78 is 10.6. The minimum Gasteiger partial charge on any atom is -0.497 e. The lowest BCUT2D eigenvalue weighted by Crippen LogP contribution is -2.45. The second-order valence-corrected chi connectivity index (χ2v) is 8.21. The molecule has 0 radical (unpaired) electrons. The molecule has 1 saturated heterocycles. The first-order chi connectivity index (χ1) is 14.2. The fourth-order valence-electron chi connectivity index (χ4n) is 3.05. The second-order valence-electron chi connectivity index (χ2n) is 7.65. The maximum Gasteiger partial charge on any atom is 0.331 e. The number of hydrogen-bond acceptors (Lipinski definition) is 8. The fraction of sp³-hybridized carbons (Fsp3) is 0.550. The zero-order chi connectivity index (χ0) is 22.3. The normalized spacial score (nSPS) is 18.6. The average molecular weight is 484 g/mol. The van der Waals surface area contributed by atoms with E-state index in [2.05, 4.69) is 21.0 Å². The van der Waals surface area contributed by atoms with E-state index in [4.69, 9.17) is 14.3 Å². The van der Waals surface area contributed by atoms with Crippen molar-refractivity contribution in [2.45, 2.75) is 51.5 Å². The topological polar surface area (TPSA) is 97.7 Å². The molecule has 9 nitrogen and oxygen atoms in total. The molecular weight excluding hydrogens is 458 g/mol. The first kappa shape index (κ1) is 23.9. The highest BCUT2D eigenvalue weighted by Crippen LogP contribution is 2.26. The van der Waals surface area contributed by atoms with E-state index in [1.165, 1.54) is 11.0 Å². The molecule has 1 fully saturated rings. The van der Waals surface area contributed by atoms with Crippen molar-refractivity contribution in [1.82, 2.24) is 10.1 Å². The van der Waals surface area contributed by atoms with Crippen molar-refractivity contribution >= 4 is 33.9 Å². The number of nitrogens with zero attached hydrogens (tertiary/aromatic N) is 3. The van der Waals surface area contributed by atoms with Crippen molar-refractivity contribution in [3.05, 3.63) is 29.8 Å². The fourth-order valence-corrected chi connectivity index (χ4v) is 3.34. The number of halogens is 1. The van der Waals surface area contributed by atoms with Gasteiger partial charge in [0.2, 0.25) is 5.91 Å². The van der Waals surface area contributed by atoms with Crippen LogP contribution in [0.2, 0.25) is 0 Å². The molecule has 2 unspecified atom stereocenters. The third-order valence-electron chi connectivity index (χ3n) is 4.26. The molecule has 0 aliphatic carbocycles. The van der Waals surface area contributed by atoms with Gasteiger partial charge in [-0.25, -0.2) is 9.59 Å². The quantitative estimate of drug-likeness (QED) is 0.175. The van der Waals surface area contributed by atoms with Crippen LogP contribution in [0.15, 0.2) is 29.4 Å². The van der Waals surface area contributed by atoms with Crippen molar-refractivity contribution in [1.29, 1.82) is 0 Å². The molecule has 0 bridgehead atoms. The molecule has 1 heterocycles. The van der Waals surface area contributed by atoms with Gasteiger partial charge in [-0.3, -0.25) is 14.5 Å². The number of methoxy groups -OCH3 is 1. The van der Waals surface area contributed by atoms with Gasteiger partial charge in [-0.1, -0.05) is 33.2 Å². The molecule has 1 amide bonds. The summed E-state index contributed by atoms with van der Waals surface area (Å²) in [5, 5.41) is 4.66. The van der Waals surface area contributed by atoms with Crippen LogP contribution >= 0.6 is 15.9 Å². The number of carbonyl (C=O) groups excluding carboxylic acids is 3. The summed E-state index contributed by atoms with van der Waals surface area (Å²) in [5.41, 5.74) is 0.281. The van der Waals surface area contributed by atoms with Gasteiger partial charge in [-0.2, -0.15) is 5.17 Å². The van der Waals surface area contributed by atoms with E-state index < -0.39 is 23.8 Å². The number of esters is 1. The van der Waals surface area contributed by atoms with Gasteiger partial charge in [0, 0.05) is 12.8 Å². The van der Waals surface area contributed by atoms with Crippen LogP contribution in [0, 0.1) is 0 Å². The van der Waals surface area contributed by atoms with Crippen LogP contribution in [-0.4, -0.2) is 64.9 Å². The van der Waals surface area contributed by atoms with Crippen molar-refractivity contribution < 1.29 is 28.7 Å². The van der Waals surface area contributed by atoms with Gasteiger partial charge in [-0.15, -0.1) is 0 Å². The number of hydrazone groups is 1. The summed E-state index contributed by atoms with van der Waals surface area (Å²) in [6.45, 7) is 5.55. The van der Waals surface area contributed by atoms with Gasteiger partial charge in [0.15, 0.2) is 6.23 Å². The molecule has 10 heteroatoms. The van der Waals surface area contributed by atoms with Crippen LogP contribution in [0.1, 0.15) is 32.8 Å². The van der Waals surface area contributed by atoms with Gasteiger partial charge < -0.3 is 9.47 Å². The van der Waals surface area contributed by atoms with E-state index in [0.717, 1.165) is 10.7 Å². The van der Waals surface area contributed by atoms with Crippen molar-refractivity contribution in [2.24, 2.45) is 5.10 Å². The van der Waals surface area contributed by atoms with Crippen LogP contribution in [0.25, 0.3) is 0 Å². The predicted molar refractivity (Wildman–Crippen MR) is 111 cm³/mol. The molecule has 0 N–H and O–H groups in total. The molecule has 0 saturated carbocycles. The number of hydrogen-bond donors (Lipinski definition) is 0. The second kappa shape index (κ2) is 10.6. The number of benzene rings is 1. The van der Waals surface area contributed by atoms with E-state index in [9.17, 15) is 14.4 Å². The molecule has 2 rings (SSSR count). The molecule has 1 aromatic rings. The van der Waals surface area contributed by atoms with Gasteiger partial charge >= 0.3 is 5.97 Å². The smallest absolute Gasteiger partial charge is 0.331 e. The molecular formula is C20H26BrN3O6. The number of cyclic esters (lactones) is 1. The Balaban J connectivity index is 2.14. The highest BCUT2D eigenvalue weighted by atomic mass is 79.9. The van der Waals surface area contributed by atoms with E-state index in [1.54, 1.807) is 19.2 Å². The molecule has 30 heavy (non-hydrogen) atoms. The molecule has 0 aromatic heterocycles. The number of carbonyl (C=O) groups is 2. The lowest BCUT2D eigenvalue weighted by atomic mass is 10.0. The number of amides is 1. The Morgan fingerprint density at radius 3 is 2.53 bits per heavy atom. The van der Waals surface area contributed by atoms with Crippen LogP contribution < -0.4 is 4.74 Å². The summed E-state index contributed by atoms with van der Waals surface area (Å²) >= 11 is 3.17. The van der Waals surface area contributed by atoms with Crippen molar-refractivity contribution in [3.63, 3.8) is 0 Å². The zero-order valence-corrected chi connectivity index (χ0v) is 19.0. The van der Waals surface area contributed by atoms with Crippen LogP contribution in [0.5, 0.6) is 5.75 Å². The van der Waals surface area contributed by atoms with E-state index in [-0.39, 0.29) is 24.2 Å². The lowest BCUT2D eigenvalue weighted by molar-refractivity contribution is -0.232. The van der Waals surface area contributed by atoms with Gasteiger partial charge in [0.1, 0.15) is 11.8 Å². The third-order valence-corrected chi connectivity index (χ3v) is 4.74. The Hall–Kier alpha value is -2.42. The Bertz CT molecular complexity index is 789. The highest BCUT2D eigenvalue weighted by Gasteiger charge is 2.44. The summed E-state index contributed by atoms with van der Waals surface area (Å²) in [6.07, 6.45) is 1.17. The first-order valence-electron chi connectivity index (χ1n) is 9.43. The van der Waals surface area contributed by atoms with Gasteiger partial charge in [-0.05, 0) is 38.5 Å². The Kier molecular flexibility index (Phi) is 8.40. The van der Waals surface area contributed by atoms with Crippen LogP contribution in [-0.2, 0) is 30.4 Å². The summed E-state index contributed by atoms with van der Waals surface area (Å²) in [4.78, 5) is 42.8. The summed E-state index contributed by atoms with van der Waals surface area (Å²) in [7, 11) is 1.58. The number of alkyl halides is 1. The summed E-state index contributed by atoms with van der Waals surface area (Å²) in [6, 6.07) is 6.52. The lowest BCUT2D eigenvalue weighted by Gasteiger charge is -2.29. The van der Waals surface area contributed by atoms with E-state index in [1.807, 2.05) is 32.9 Å². The largest absolute Gasteiger partial charge is 0.497 e. The van der Waals surface area contributed by atoms with Gasteiger partial charge in [0.25, 0.3) is 6.08 Å².